The Kier molecular flexibility index (Phi) is 4.02. The maximum atomic E-state index is 12.2. The molecule has 136 valence electrons. The van der Waals surface area contributed by atoms with E-state index in [1.165, 1.54) is 38.5 Å². The van der Waals surface area contributed by atoms with Gasteiger partial charge in [-0.2, -0.15) is 0 Å². The van der Waals surface area contributed by atoms with E-state index >= 15 is 0 Å². The number of piperidine rings is 1. The highest BCUT2D eigenvalue weighted by molar-refractivity contribution is 5.77. The molecular weight excluding hydrogens is 298 g/mol. The van der Waals surface area contributed by atoms with Gasteiger partial charge in [-0.15, -0.1) is 0 Å². The molecule has 1 saturated heterocycles. The Morgan fingerprint density at radius 3 is 2.54 bits per heavy atom. The molecule has 3 heteroatoms. The number of amides is 1. The number of carbonyl (C=O) groups excluding carboxylic acids is 1. The van der Waals surface area contributed by atoms with E-state index in [4.69, 9.17) is 4.74 Å². The van der Waals surface area contributed by atoms with Crippen molar-refractivity contribution in [2.45, 2.75) is 71.3 Å². The third-order valence-electron chi connectivity index (χ3n) is 9.12. The number of hydrogen-bond acceptors (Lipinski definition) is 2. The molecule has 4 rings (SSSR count). The first kappa shape index (κ1) is 16.9. The van der Waals surface area contributed by atoms with Crippen molar-refractivity contribution in [3.63, 3.8) is 0 Å². The van der Waals surface area contributed by atoms with Gasteiger partial charge in [-0.3, -0.25) is 4.79 Å². The summed E-state index contributed by atoms with van der Waals surface area (Å²) in [6.45, 7) is 6.03. The first-order valence-corrected chi connectivity index (χ1v) is 10.2. The van der Waals surface area contributed by atoms with Crippen LogP contribution in [0.4, 0.5) is 0 Å². The minimum atomic E-state index is 0.353. The van der Waals surface area contributed by atoms with Gasteiger partial charge >= 0.3 is 0 Å². The van der Waals surface area contributed by atoms with Crippen molar-refractivity contribution in [3.8, 4) is 0 Å². The van der Waals surface area contributed by atoms with Gasteiger partial charge in [0.15, 0.2) is 0 Å². The molecule has 1 heterocycles. The Morgan fingerprint density at radius 2 is 1.79 bits per heavy atom. The third kappa shape index (κ3) is 2.15. The van der Waals surface area contributed by atoms with Crippen LogP contribution in [-0.2, 0) is 9.53 Å². The summed E-state index contributed by atoms with van der Waals surface area (Å²) >= 11 is 0. The molecule has 0 aromatic rings. The van der Waals surface area contributed by atoms with Crippen LogP contribution in [0.5, 0.6) is 0 Å². The molecule has 1 amide bonds. The number of methoxy groups -OCH3 is 1. The molecule has 0 spiro atoms. The lowest BCUT2D eigenvalue weighted by molar-refractivity contribution is -0.158. The predicted octanol–water partition coefficient (Wildman–Crippen LogP) is 4.11. The van der Waals surface area contributed by atoms with Gasteiger partial charge in [0.25, 0.3) is 0 Å². The van der Waals surface area contributed by atoms with E-state index in [-0.39, 0.29) is 0 Å². The highest BCUT2D eigenvalue weighted by atomic mass is 16.5. The number of ether oxygens (including phenoxy) is 1. The number of likely N-dealkylation sites (tertiary alicyclic amines) is 1. The van der Waals surface area contributed by atoms with Crippen LogP contribution in [0, 0.1) is 34.5 Å². The molecule has 0 N–H and O–H groups in total. The maximum absolute atomic E-state index is 12.2. The van der Waals surface area contributed by atoms with E-state index in [0.717, 1.165) is 43.1 Å². The smallest absolute Gasteiger partial charge is 0.222 e. The van der Waals surface area contributed by atoms with Gasteiger partial charge < -0.3 is 9.64 Å². The number of nitrogens with zero attached hydrogens (tertiary/aromatic N) is 1. The molecule has 1 unspecified atom stereocenters. The molecule has 7 atom stereocenters. The molecule has 4 aliphatic rings. The Balaban J connectivity index is 1.61. The lowest BCUT2D eigenvalue weighted by Gasteiger charge is -2.61. The van der Waals surface area contributed by atoms with Crippen molar-refractivity contribution in [1.29, 1.82) is 0 Å². The van der Waals surface area contributed by atoms with Gasteiger partial charge in [-0.1, -0.05) is 13.8 Å². The van der Waals surface area contributed by atoms with E-state index in [1.807, 2.05) is 7.11 Å². The predicted molar refractivity (Wildman–Crippen MR) is 95.5 cm³/mol. The van der Waals surface area contributed by atoms with Gasteiger partial charge in [-0.05, 0) is 79.4 Å². The second-order valence-corrected chi connectivity index (χ2v) is 9.75. The number of carbonyl (C=O) groups is 1. The minimum absolute atomic E-state index is 0.353. The Labute approximate surface area is 147 Å². The molecular formula is C21H35NO2. The van der Waals surface area contributed by atoms with E-state index in [1.54, 1.807) is 0 Å². The number of hydrogen-bond donors (Lipinski definition) is 0. The fourth-order valence-corrected chi connectivity index (χ4v) is 7.73. The fourth-order valence-electron chi connectivity index (χ4n) is 7.73. The second-order valence-electron chi connectivity index (χ2n) is 9.75. The summed E-state index contributed by atoms with van der Waals surface area (Å²) in [6, 6.07) is 0.487. The number of rotatable bonds is 2. The molecule has 1 aliphatic heterocycles. The molecule has 3 nitrogen and oxygen atoms in total. The standard InChI is InChI=1S/C21H35NO2/c1-20-11-9-17-15(16(20)7-5-14(20)13-24-4)6-8-18-21(17,2)12-10-19(23)22(18)3/h14-18H,5-13H2,1-4H3/t14?,15-,16-,17-,18+,20+,21+/m0/s1. The highest BCUT2D eigenvalue weighted by Gasteiger charge is 2.60. The van der Waals surface area contributed by atoms with Gasteiger partial charge in [0.1, 0.15) is 0 Å². The van der Waals surface area contributed by atoms with Crippen LogP contribution in [0.15, 0.2) is 0 Å². The zero-order valence-electron chi connectivity index (χ0n) is 16.0. The average Bonchev–Trinajstić information content (AvgIpc) is 2.89. The van der Waals surface area contributed by atoms with Crippen LogP contribution < -0.4 is 0 Å². The molecule has 3 saturated carbocycles. The Bertz CT molecular complexity index is 520. The van der Waals surface area contributed by atoms with Crippen LogP contribution in [0.3, 0.4) is 0 Å². The van der Waals surface area contributed by atoms with E-state index in [9.17, 15) is 4.79 Å². The topological polar surface area (TPSA) is 29.5 Å². The third-order valence-corrected chi connectivity index (χ3v) is 9.12. The normalized spacial score (nSPS) is 51.1. The lowest BCUT2D eigenvalue weighted by Crippen LogP contribution is -2.61. The van der Waals surface area contributed by atoms with E-state index < -0.39 is 0 Å². The van der Waals surface area contributed by atoms with Gasteiger partial charge in [-0.25, -0.2) is 0 Å². The summed E-state index contributed by atoms with van der Waals surface area (Å²) in [6.07, 6.45) is 9.94. The van der Waals surface area contributed by atoms with Crippen LogP contribution in [0.1, 0.15) is 65.2 Å². The summed E-state index contributed by atoms with van der Waals surface area (Å²) < 4.78 is 5.56. The van der Waals surface area contributed by atoms with Crippen molar-refractivity contribution in [2.24, 2.45) is 34.5 Å². The monoisotopic (exact) mass is 333 g/mol. The summed E-state index contributed by atoms with van der Waals surface area (Å²) in [5.74, 6) is 3.73. The Morgan fingerprint density at radius 1 is 1.04 bits per heavy atom. The molecule has 24 heavy (non-hydrogen) atoms. The van der Waals surface area contributed by atoms with E-state index in [0.29, 0.717) is 22.8 Å². The zero-order chi connectivity index (χ0) is 17.1. The molecule has 0 radical (unpaired) electrons. The first-order chi connectivity index (χ1) is 11.4. The van der Waals surface area contributed by atoms with Gasteiger partial charge in [0.2, 0.25) is 5.91 Å². The second kappa shape index (κ2) is 5.72. The van der Waals surface area contributed by atoms with Crippen molar-refractivity contribution in [1.82, 2.24) is 4.90 Å². The summed E-state index contributed by atoms with van der Waals surface area (Å²) in [5.41, 5.74) is 0.850. The van der Waals surface area contributed by atoms with Crippen LogP contribution >= 0.6 is 0 Å². The maximum Gasteiger partial charge on any atom is 0.222 e. The minimum Gasteiger partial charge on any atom is -0.384 e. The largest absolute Gasteiger partial charge is 0.384 e. The van der Waals surface area contributed by atoms with Crippen LogP contribution in [-0.4, -0.2) is 37.6 Å². The van der Waals surface area contributed by atoms with Crippen LogP contribution in [0.2, 0.25) is 0 Å². The SMILES string of the molecule is COCC1CC[C@H]2[C@@H]3CC[C@H]4N(C)C(=O)CC[C@]4(C)[C@H]3CC[C@]12C. The highest BCUT2D eigenvalue weighted by Crippen LogP contribution is 2.66. The quantitative estimate of drug-likeness (QED) is 0.761. The van der Waals surface area contributed by atoms with Crippen molar-refractivity contribution < 1.29 is 9.53 Å². The van der Waals surface area contributed by atoms with Crippen molar-refractivity contribution >= 4 is 5.91 Å². The van der Waals surface area contributed by atoms with Gasteiger partial charge in [0, 0.05) is 33.2 Å². The molecule has 0 aromatic heterocycles. The first-order valence-electron chi connectivity index (χ1n) is 10.2. The molecule has 3 aliphatic carbocycles. The summed E-state index contributed by atoms with van der Waals surface area (Å²) in [7, 11) is 3.92. The molecule has 0 bridgehead atoms. The van der Waals surface area contributed by atoms with Gasteiger partial charge in [0.05, 0.1) is 0 Å². The molecule has 4 fully saturated rings. The summed E-state index contributed by atoms with van der Waals surface area (Å²) in [4.78, 5) is 14.3. The molecule has 0 aromatic carbocycles. The van der Waals surface area contributed by atoms with E-state index in [2.05, 4.69) is 25.8 Å². The summed E-state index contributed by atoms with van der Waals surface area (Å²) in [5, 5.41) is 0. The fraction of sp³-hybridized carbons (Fsp3) is 0.952. The van der Waals surface area contributed by atoms with Crippen LogP contribution in [0.25, 0.3) is 0 Å². The van der Waals surface area contributed by atoms with Crippen molar-refractivity contribution in [2.75, 3.05) is 20.8 Å². The number of fused-ring (bicyclic) bond motifs is 5. The average molecular weight is 334 g/mol. The Hall–Kier alpha value is -0.570. The lowest BCUT2D eigenvalue weighted by atomic mass is 9.47. The zero-order valence-corrected chi connectivity index (χ0v) is 16.0. The van der Waals surface area contributed by atoms with Crippen molar-refractivity contribution in [3.05, 3.63) is 0 Å².